The van der Waals surface area contributed by atoms with Gasteiger partial charge in [-0.05, 0) is 38.4 Å². The molecule has 0 bridgehead atoms. The van der Waals surface area contributed by atoms with E-state index in [4.69, 9.17) is 9.73 Å². The van der Waals surface area contributed by atoms with Crippen molar-refractivity contribution in [3.8, 4) is 0 Å². The standard InChI is InChI=1S/C19H32N4O/c1-4-20-19(21-14-17-12-9-13-23(17)5-2)22-15-18(24-3)16-10-7-6-8-11-16/h6-8,10-11,17-18H,4-5,9,12-15H2,1-3H3,(H2,20,21,22). The molecule has 24 heavy (non-hydrogen) atoms. The number of guanidine groups is 1. The summed E-state index contributed by atoms with van der Waals surface area (Å²) in [6.45, 7) is 9.09. The van der Waals surface area contributed by atoms with Gasteiger partial charge in [0.25, 0.3) is 0 Å². The highest BCUT2D eigenvalue weighted by Crippen LogP contribution is 2.17. The molecular weight excluding hydrogens is 300 g/mol. The maximum absolute atomic E-state index is 5.61. The van der Waals surface area contributed by atoms with Gasteiger partial charge in [0.2, 0.25) is 0 Å². The lowest BCUT2D eigenvalue weighted by molar-refractivity contribution is 0.111. The quantitative estimate of drug-likeness (QED) is 0.567. The van der Waals surface area contributed by atoms with E-state index in [9.17, 15) is 0 Å². The summed E-state index contributed by atoms with van der Waals surface area (Å²) < 4.78 is 5.61. The van der Waals surface area contributed by atoms with Gasteiger partial charge in [-0.25, -0.2) is 0 Å². The van der Waals surface area contributed by atoms with E-state index in [0.29, 0.717) is 12.6 Å². The summed E-state index contributed by atoms with van der Waals surface area (Å²) in [5.74, 6) is 0.874. The molecule has 0 aromatic heterocycles. The Morgan fingerprint density at radius 1 is 1.29 bits per heavy atom. The summed E-state index contributed by atoms with van der Waals surface area (Å²) in [7, 11) is 1.74. The van der Waals surface area contributed by atoms with E-state index in [1.165, 1.54) is 19.4 Å². The second kappa shape index (κ2) is 10.3. The van der Waals surface area contributed by atoms with Crippen molar-refractivity contribution in [2.24, 2.45) is 4.99 Å². The van der Waals surface area contributed by atoms with Crippen LogP contribution < -0.4 is 10.6 Å². The summed E-state index contributed by atoms with van der Waals surface area (Å²) in [5.41, 5.74) is 1.16. The Labute approximate surface area is 146 Å². The van der Waals surface area contributed by atoms with Crippen LogP contribution in [0.4, 0.5) is 0 Å². The number of ether oxygens (including phenoxy) is 1. The SMILES string of the molecule is CCNC(=NCC(OC)c1ccccc1)NCC1CCCN1CC. The fraction of sp³-hybridized carbons (Fsp3) is 0.632. The van der Waals surface area contributed by atoms with Crippen LogP contribution in [0.1, 0.15) is 38.4 Å². The number of hydrogen-bond donors (Lipinski definition) is 2. The minimum atomic E-state index is -0.0136. The van der Waals surface area contributed by atoms with Crippen LogP contribution in [0.15, 0.2) is 35.3 Å². The van der Waals surface area contributed by atoms with Crippen LogP contribution in [-0.4, -0.2) is 56.7 Å². The van der Waals surface area contributed by atoms with Gasteiger partial charge in [-0.15, -0.1) is 0 Å². The fourth-order valence-electron chi connectivity index (χ4n) is 3.26. The van der Waals surface area contributed by atoms with Crippen LogP contribution in [-0.2, 0) is 4.74 Å². The molecule has 1 aromatic rings. The lowest BCUT2D eigenvalue weighted by Gasteiger charge is -2.24. The minimum Gasteiger partial charge on any atom is -0.375 e. The van der Waals surface area contributed by atoms with E-state index in [1.54, 1.807) is 7.11 Å². The van der Waals surface area contributed by atoms with E-state index in [2.05, 4.69) is 41.5 Å². The van der Waals surface area contributed by atoms with Gasteiger partial charge in [0.05, 0.1) is 6.54 Å². The third-order valence-corrected chi connectivity index (χ3v) is 4.63. The van der Waals surface area contributed by atoms with Crippen molar-refractivity contribution in [3.63, 3.8) is 0 Å². The maximum atomic E-state index is 5.61. The molecule has 1 fully saturated rings. The Morgan fingerprint density at radius 3 is 2.75 bits per heavy atom. The molecule has 0 spiro atoms. The number of aliphatic imine (C=N–C) groups is 1. The van der Waals surface area contributed by atoms with Gasteiger partial charge in [0.15, 0.2) is 5.96 Å². The highest BCUT2D eigenvalue weighted by molar-refractivity contribution is 5.79. The van der Waals surface area contributed by atoms with Crippen LogP contribution in [0.25, 0.3) is 0 Å². The molecule has 134 valence electrons. The third-order valence-electron chi connectivity index (χ3n) is 4.63. The predicted molar refractivity (Wildman–Crippen MR) is 100 cm³/mol. The first kappa shape index (κ1) is 18.7. The Hall–Kier alpha value is -1.59. The molecule has 1 aliphatic rings. The monoisotopic (exact) mass is 332 g/mol. The molecule has 5 heteroatoms. The second-order valence-electron chi connectivity index (χ2n) is 6.16. The first-order chi connectivity index (χ1) is 11.8. The molecule has 2 rings (SSSR count). The summed E-state index contributed by atoms with van der Waals surface area (Å²) in [5, 5.41) is 6.83. The highest BCUT2D eigenvalue weighted by Gasteiger charge is 2.22. The average molecular weight is 332 g/mol. The van der Waals surface area contributed by atoms with E-state index < -0.39 is 0 Å². The van der Waals surface area contributed by atoms with Crippen molar-refractivity contribution in [2.75, 3.05) is 39.8 Å². The van der Waals surface area contributed by atoms with Crippen LogP contribution in [0, 0.1) is 0 Å². The largest absolute Gasteiger partial charge is 0.375 e. The first-order valence-corrected chi connectivity index (χ1v) is 9.12. The zero-order valence-corrected chi connectivity index (χ0v) is 15.3. The van der Waals surface area contributed by atoms with Gasteiger partial charge in [-0.2, -0.15) is 0 Å². The molecule has 0 saturated carbocycles. The van der Waals surface area contributed by atoms with Gasteiger partial charge >= 0.3 is 0 Å². The topological polar surface area (TPSA) is 48.9 Å². The van der Waals surface area contributed by atoms with Crippen LogP contribution in [0.3, 0.4) is 0 Å². The molecule has 2 atom stereocenters. The van der Waals surface area contributed by atoms with Crippen molar-refractivity contribution >= 4 is 5.96 Å². The number of rotatable bonds is 8. The lowest BCUT2D eigenvalue weighted by atomic mass is 10.1. The molecule has 0 aliphatic carbocycles. The number of nitrogens with one attached hydrogen (secondary N) is 2. The van der Waals surface area contributed by atoms with Gasteiger partial charge in [0.1, 0.15) is 6.10 Å². The Balaban J connectivity index is 1.92. The molecule has 1 aliphatic heterocycles. The molecular formula is C19H32N4O. The Kier molecular flexibility index (Phi) is 8.05. The van der Waals surface area contributed by atoms with E-state index in [1.807, 2.05) is 18.2 Å². The van der Waals surface area contributed by atoms with Crippen LogP contribution in [0.2, 0.25) is 0 Å². The second-order valence-corrected chi connectivity index (χ2v) is 6.16. The predicted octanol–water partition coefficient (Wildman–Crippen LogP) is 2.41. The molecule has 2 unspecified atom stereocenters. The normalized spacial score (nSPS) is 20.1. The molecule has 1 saturated heterocycles. The molecule has 1 heterocycles. The molecule has 0 amide bonds. The number of likely N-dealkylation sites (N-methyl/N-ethyl adjacent to an activating group) is 1. The number of nitrogens with zero attached hydrogens (tertiary/aromatic N) is 2. The minimum absolute atomic E-state index is 0.0136. The summed E-state index contributed by atoms with van der Waals surface area (Å²) >= 11 is 0. The van der Waals surface area contributed by atoms with Gasteiger partial charge in [-0.1, -0.05) is 37.3 Å². The highest BCUT2D eigenvalue weighted by atomic mass is 16.5. The zero-order valence-electron chi connectivity index (χ0n) is 15.3. The van der Waals surface area contributed by atoms with Crippen molar-refractivity contribution < 1.29 is 4.74 Å². The summed E-state index contributed by atoms with van der Waals surface area (Å²) in [4.78, 5) is 7.26. The van der Waals surface area contributed by atoms with Crippen LogP contribution in [0.5, 0.6) is 0 Å². The number of hydrogen-bond acceptors (Lipinski definition) is 3. The van der Waals surface area contributed by atoms with Crippen molar-refractivity contribution in [2.45, 2.75) is 38.8 Å². The number of likely N-dealkylation sites (tertiary alicyclic amines) is 1. The molecule has 2 N–H and O–H groups in total. The Morgan fingerprint density at radius 2 is 2.08 bits per heavy atom. The zero-order chi connectivity index (χ0) is 17.2. The Bertz CT molecular complexity index is 491. The van der Waals surface area contributed by atoms with E-state index in [0.717, 1.165) is 31.2 Å². The first-order valence-electron chi connectivity index (χ1n) is 9.12. The van der Waals surface area contributed by atoms with Crippen LogP contribution >= 0.6 is 0 Å². The molecule has 0 radical (unpaired) electrons. The lowest BCUT2D eigenvalue weighted by Crippen LogP contribution is -2.45. The number of benzene rings is 1. The molecule has 5 nitrogen and oxygen atoms in total. The summed E-state index contributed by atoms with van der Waals surface area (Å²) in [6.07, 6.45) is 2.55. The maximum Gasteiger partial charge on any atom is 0.191 e. The molecule has 1 aromatic carbocycles. The van der Waals surface area contributed by atoms with Crippen molar-refractivity contribution in [1.29, 1.82) is 0 Å². The van der Waals surface area contributed by atoms with Gasteiger partial charge in [0, 0.05) is 26.2 Å². The van der Waals surface area contributed by atoms with Crippen molar-refractivity contribution in [1.82, 2.24) is 15.5 Å². The van der Waals surface area contributed by atoms with E-state index in [-0.39, 0.29) is 6.10 Å². The average Bonchev–Trinajstić information content (AvgIpc) is 3.08. The fourth-order valence-corrected chi connectivity index (χ4v) is 3.26. The van der Waals surface area contributed by atoms with Crippen molar-refractivity contribution in [3.05, 3.63) is 35.9 Å². The van der Waals surface area contributed by atoms with Gasteiger partial charge in [-0.3, -0.25) is 9.89 Å². The number of methoxy groups -OCH3 is 1. The van der Waals surface area contributed by atoms with E-state index >= 15 is 0 Å². The third kappa shape index (κ3) is 5.49. The summed E-state index contributed by atoms with van der Waals surface area (Å²) in [6, 6.07) is 10.9. The van der Waals surface area contributed by atoms with Gasteiger partial charge < -0.3 is 15.4 Å². The smallest absolute Gasteiger partial charge is 0.191 e.